The summed E-state index contributed by atoms with van der Waals surface area (Å²) in [5.41, 5.74) is 1.29. The zero-order chi connectivity index (χ0) is 13.8. The van der Waals surface area contributed by atoms with Crippen molar-refractivity contribution in [1.29, 1.82) is 0 Å². The van der Waals surface area contributed by atoms with Crippen LogP contribution in [0.4, 0.5) is 0 Å². The van der Waals surface area contributed by atoms with Gasteiger partial charge in [-0.1, -0.05) is 25.9 Å². The third-order valence-corrected chi connectivity index (χ3v) is 3.25. The summed E-state index contributed by atoms with van der Waals surface area (Å²) in [6, 6.07) is 2.51. The van der Waals surface area contributed by atoms with Gasteiger partial charge in [-0.15, -0.1) is 0 Å². The van der Waals surface area contributed by atoms with Gasteiger partial charge >= 0.3 is 0 Å². The molecule has 1 N–H and O–H groups in total. The van der Waals surface area contributed by atoms with Crippen LogP contribution in [0.5, 0.6) is 0 Å². The van der Waals surface area contributed by atoms with Crippen LogP contribution in [-0.4, -0.2) is 21.8 Å². The summed E-state index contributed by atoms with van der Waals surface area (Å²) < 4.78 is 7.20. The second-order valence-corrected chi connectivity index (χ2v) is 5.09. The molecule has 19 heavy (non-hydrogen) atoms. The fraction of sp³-hybridized carbons (Fsp3) is 0.571. The van der Waals surface area contributed by atoms with E-state index in [1.807, 2.05) is 14.0 Å². The van der Waals surface area contributed by atoms with E-state index in [0.29, 0.717) is 24.4 Å². The minimum Gasteiger partial charge on any atom is -0.346 e. The molecule has 1 atom stereocenters. The van der Waals surface area contributed by atoms with Gasteiger partial charge in [-0.05, 0) is 24.6 Å². The van der Waals surface area contributed by atoms with Crippen molar-refractivity contribution in [2.45, 2.75) is 39.8 Å². The van der Waals surface area contributed by atoms with Crippen LogP contribution in [0.15, 0.2) is 23.0 Å². The zero-order valence-corrected chi connectivity index (χ0v) is 12.1. The van der Waals surface area contributed by atoms with E-state index in [4.69, 9.17) is 4.52 Å². The fourth-order valence-electron chi connectivity index (χ4n) is 2.29. The van der Waals surface area contributed by atoms with Gasteiger partial charge in [0.05, 0.1) is 6.54 Å². The normalized spacial score (nSPS) is 13.1. The molecule has 0 aromatic carbocycles. The number of aromatic nitrogens is 3. The van der Waals surface area contributed by atoms with Crippen molar-refractivity contribution in [3.8, 4) is 0 Å². The monoisotopic (exact) mass is 262 g/mol. The molecule has 2 aromatic heterocycles. The van der Waals surface area contributed by atoms with Crippen molar-refractivity contribution in [1.82, 2.24) is 20.0 Å². The Hall–Kier alpha value is -1.62. The molecular weight excluding hydrogens is 240 g/mol. The predicted octanol–water partition coefficient (Wildman–Crippen LogP) is 2.40. The highest BCUT2D eigenvalue weighted by Crippen LogP contribution is 2.21. The van der Waals surface area contributed by atoms with E-state index in [-0.39, 0.29) is 0 Å². The smallest absolute Gasteiger partial charge is 0.226 e. The van der Waals surface area contributed by atoms with Crippen molar-refractivity contribution >= 4 is 0 Å². The Morgan fingerprint density at radius 3 is 2.79 bits per heavy atom. The van der Waals surface area contributed by atoms with Gasteiger partial charge in [0.15, 0.2) is 5.82 Å². The standard InChI is InChI=1S/C14H22N4O/c1-5-13-16-12(17-19-13)9-18-7-6-11(8-18)14(15-4)10(2)3/h6-8,10,14-15H,5,9H2,1-4H3. The Morgan fingerprint density at radius 2 is 2.21 bits per heavy atom. The molecule has 0 saturated heterocycles. The summed E-state index contributed by atoms with van der Waals surface area (Å²) in [4.78, 5) is 4.32. The average Bonchev–Trinajstić information content (AvgIpc) is 3.00. The first-order chi connectivity index (χ1) is 9.13. The molecule has 1 unspecified atom stereocenters. The van der Waals surface area contributed by atoms with E-state index in [9.17, 15) is 0 Å². The Kier molecular flexibility index (Phi) is 4.37. The summed E-state index contributed by atoms with van der Waals surface area (Å²) in [6.45, 7) is 7.08. The molecule has 2 heterocycles. The molecule has 2 aromatic rings. The topological polar surface area (TPSA) is 55.9 Å². The maximum absolute atomic E-state index is 5.11. The Bertz CT molecular complexity index is 515. The molecule has 104 valence electrons. The maximum atomic E-state index is 5.11. The Balaban J connectivity index is 2.08. The van der Waals surface area contributed by atoms with Crippen LogP contribution >= 0.6 is 0 Å². The molecule has 0 aliphatic heterocycles. The highest BCUT2D eigenvalue weighted by molar-refractivity contribution is 5.16. The van der Waals surface area contributed by atoms with Gasteiger partial charge in [0.25, 0.3) is 0 Å². The van der Waals surface area contributed by atoms with Gasteiger partial charge < -0.3 is 14.4 Å². The lowest BCUT2D eigenvalue weighted by molar-refractivity contribution is 0.375. The predicted molar refractivity (Wildman–Crippen MR) is 73.8 cm³/mol. The third kappa shape index (κ3) is 3.23. The van der Waals surface area contributed by atoms with Crippen LogP contribution < -0.4 is 5.32 Å². The second kappa shape index (κ2) is 6.02. The van der Waals surface area contributed by atoms with Crippen molar-refractivity contribution in [3.05, 3.63) is 35.7 Å². The number of nitrogens with zero attached hydrogens (tertiary/aromatic N) is 3. The van der Waals surface area contributed by atoms with Crippen molar-refractivity contribution < 1.29 is 4.52 Å². The minimum atomic E-state index is 0.373. The van der Waals surface area contributed by atoms with E-state index >= 15 is 0 Å². The highest BCUT2D eigenvalue weighted by atomic mass is 16.5. The van der Waals surface area contributed by atoms with E-state index in [1.165, 1.54) is 5.56 Å². The highest BCUT2D eigenvalue weighted by Gasteiger charge is 2.15. The number of hydrogen-bond acceptors (Lipinski definition) is 4. The third-order valence-electron chi connectivity index (χ3n) is 3.25. The molecule has 0 fully saturated rings. The van der Waals surface area contributed by atoms with Gasteiger partial charge in [-0.3, -0.25) is 0 Å². The Morgan fingerprint density at radius 1 is 1.42 bits per heavy atom. The summed E-state index contributed by atoms with van der Waals surface area (Å²) in [6.07, 6.45) is 4.98. The lowest BCUT2D eigenvalue weighted by atomic mass is 9.99. The molecule has 5 nitrogen and oxygen atoms in total. The van der Waals surface area contributed by atoms with E-state index in [1.54, 1.807) is 0 Å². The lowest BCUT2D eigenvalue weighted by Crippen LogP contribution is -2.21. The molecule has 0 bridgehead atoms. The van der Waals surface area contributed by atoms with Crippen LogP contribution in [0.25, 0.3) is 0 Å². The summed E-state index contributed by atoms with van der Waals surface area (Å²) in [7, 11) is 1.99. The van der Waals surface area contributed by atoms with E-state index < -0.39 is 0 Å². The minimum absolute atomic E-state index is 0.373. The van der Waals surface area contributed by atoms with Gasteiger partial charge in [-0.2, -0.15) is 4.98 Å². The fourth-order valence-corrected chi connectivity index (χ4v) is 2.29. The van der Waals surface area contributed by atoms with Crippen LogP contribution in [0, 0.1) is 5.92 Å². The van der Waals surface area contributed by atoms with Gasteiger partial charge in [0.2, 0.25) is 5.89 Å². The first-order valence-corrected chi connectivity index (χ1v) is 6.78. The first-order valence-electron chi connectivity index (χ1n) is 6.78. The van der Waals surface area contributed by atoms with E-state index in [0.717, 1.165) is 12.2 Å². The molecule has 0 amide bonds. The molecule has 0 spiro atoms. The van der Waals surface area contributed by atoms with Gasteiger partial charge in [0, 0.05) is 24.9 Å². The number of nitrogens with one attached hydrogen (secondary N) is 1. The summed E-state index contributed by atoms with van der Waals surface area (Å²) in [5, 5.41) is 7.31. The number of aryl methyl sites for hydroxylation is 1. The number of rotatable bonds is 6. The quantitative estimate of drug-likeness (QED) is 0.868. The SMILES string of the molecule is CCc1nc(Cn2ccc(C(NC)C(C)C)c2)no1. The van der Waals surface area contributed by atoms with Gasteiger partial charge in [-0.25, -0.2) is 0 Å². The first kappa shape index (κ1) is 13.8. The molecule has 0 radical (unpaired) electrons. The molecule has 5 heteroatoms. The van der Waals surface area contributed by atoms with E-state index in [2.05, 4.69) is 52.3 Å². The van der Waals surface area contributed by atoms with Crippen molar-refractivity contribution in [3.63, 3.8) is 0 Å². The number of hydrogen-bond donors (Lipinski definition) is 1. The average molecular weight is 262 g/mol. The zero-order valence-electron chi connectivity index (χ0n) is 12.1. The molecule has 0 aliphatic carbocycles. The van der Waals surface area contributed by atoms with Crippen LogP contribution in [0.1, 0.15) is 44.1 Å². The summed E-state index contributed by atoms with van der Waals surface area (Å²) in [5.74, 6) is 1.97. The van der Waals surface area contributed by atoms with Crippen LogP contribution in [0.2, 0.25) is 0 Å². The molecule has 0 saturated carbocycles. The summed E-state index contributed by atoms with van der Waals surface area (Å²) >= 11 is 0. The van der Waals surface area contributed by atoms with Crippen LogP contribution in [0.3, 0.4) is 0 Å². The molecule has 0 aliphatic rings. The molecular formula is C14H22N4O. The largest absolute Gasteiger partial charge is 0.346 e. The van der Waals surface area contributed by atoms with Crippen molar-refractivity contribution in [2.75, 3.05) is 7.05 Å². The van der Waals surface area contributed by atoms with Gasteiger partial charge in [0.1, 0.15) is 0 Å². The maximum Gasteiger partial charge on any atom is 0.226 e. The Labute approximate surface area is 114 Å². The van der Waals surface area contributed by atoms with Crippen LogP contribution in [-0.2, 0) is 13.0 Å². The lowest BCUT2D eigenvalue weighted by Gasteiger charge is -2.18. The molecule has 2 rings (SSSR count). The van der Waals surface area contributed by atoms with Crippen molar-refractivity contribution in [2.24, 2.45) is 5.92 Å². The second-order valence-electron chi connectivity index (χ2n) is 5.09.